The molecule has 17 heavy (non-hydrogen) atoms. The molecule has 1 amide bonds. The zero-order valence-electron chi connectivity index (χ0n) is 10.1. The number of nitrogens with one attached hydrogen (secondary N) is 1. The number of hydrogen-bond donors (Lipinski definition) is 2. The number of aromatic nitrogens is 1. The zero-order valence-corrected chi connectivity index (χ0v) is 10.9. The van der Waals surface area contributed by atoms with Crippen LogP contribution in [-0.2, 0) is 16.0 Å². The molecule has 0 spiro atoms. The van der Waals surface area contributed by atoms with Crippen molar-refractivity contribution in [3.8, 4) is 0 Å². The Balaban J connectivity index is 2.47. The summed E-state index contributed by atoms with van der Waals surface area (Å²) in [6.07, 6.45) is 0.195. The van der Waals surface area contributed by atoms with E-state index in [9.17, 15) is 9.59 Å². The highest BCUT2D eigenvalue weighted by Crippen LogP contribution is 2.09. The second kappa shape index (κ2) is 5.77. The van der Waals surface area contributed by atoms with Gasteiger partial charge in [0.15, 0.2) is 0 Å². The van der Waals surface area contributed by atoms with Gasteiger partial charge >= 0.3 is 5.97 Å². The Hall–Kier alpha value is -1.43. The first-order chi connectivity index (χ1) is 7.90. The quantitative estimate of drug-likeness (QED) is 0.830. The highest BCUT2D eigenvalue weighted by molar-refractivity contribution is 7.09. The van der Waals surface area contributed by atoms with E-state index < -0.39 is 11.9 Å². The molecule has 0 fully saturated rings. The van der Waals surface area contributed by atoms with Crippen LogP contribution in [0.15, 0.2) is 5.38 Å². The van der Waals surface area contributed by atoms with E-state index in [-0.39, 0.29) is 18.4 Å². The maximum Gasteiger partial charge on any atom is 0.308 e. The van der Waals surface area contributed by atoms with Crippen LogP contribution in [0.4, 0.5) is 0 Å². The van der Waals surface area contributed by atoms with Crippen LogP contribution in [0.2, 0.25) is 0 Å². The smallest absolute Gasteiger partial charge is 0.308 e. The SMILES string of the molecule is Cc1nc(CC(=O)NC(C)C(C)C(=O)O)cs1. The van der Waals surface area contributed by atoms with Gasteiger partial charge in [-0.15, -0.1) is 11.3 Å². The molecule has 2 unspecified atom stereocenters. The molecule has 6 heteroatoms. The average molecular weight is 256 g/mol. The van der Waals surface area contributed by atoms with E-state index >= 15 is 0 Å². The molecule has 2 N–H and O–H groups in total. The van der Waals surface area contributed by atoms with Crippen LogP contribution in [0.25, 0.3) is 0 Å². The molecule has 0 radical (unpaired) electrons. The summed E-state index contributed by atoms with van der Waals surface area (Å²) in [6, 6.07) is -0.389. The van der Waals surface area contributed by atoms with Crippen molar-refractivity contribution in [3.63, 3.8) is 0 Å². The second-order valence-corrected chi connectivity index (χ2v) is 5.08. The topological polar surface area (TPSA) is 79.3 Å². The molecule has 1 aromatic heterocycles. The lowest BCUT2D eigenvalue weighted by atomic mass is 10.0. The molecule has 5 nitrogen and oxygen atoms in total. The molecule has 0 aliphatic heterocycles. The maximum absolute atomic E-state index is 11.6. The maximum atomic E-state index is 11.6. The summed E-state index contributed by atoms with van der Waals surface area (Å²) in [5, 5.41) is 14.2. The van der Waals surface area contributed by atoms with Crippen molar-refractivity contribution >= 4 is 23.2 Å². The number of nitrogens with zero attached hydrogens (tertiary/aromatic N) is 1. The molecule has 1 rings (SSSR count). The molecule has 0 saturated carbocycles. The van der Waals surface area contributed by atoms with Gasteiger partial charge in [-0.05, 0) is 20.8 Å². The molecule has 1 heterocycles. The molecule has 0 aliphatic carbocycles. The Morgan fingerprint density at radius 1 is 1.53 bits per heavy atom. The van der Waals surface area contributed by atoms with Crippen molar-refractivity contribution in [1.29, 1.82) is 0 Å². The van der Waals surface area contributed by atoms with Gasteiger partial charge in [0, 0.05) is 11.4 Å². The first kappa shape index (κ1) is 13.6. The Kier molecular flexibility index (Phi) is 4.62. The van der Waals surface area contributed by atoms with E-state index in [1.807, 2.05) is 12.3 Å². The first-order valence-corrected chi connectivity index (χ1v) is 6.21. The third-order valence-electron chi connectivity index (χ3n) is 2.54. The molecule has 0 aromatic carbocycles. The van der Waals surface area contributed by atoms with Crippen molar-refractivity contribution in [2.75, 3.05) is 0 Å². The Morgan fingerprint density at radius 2 is 2.18 bits per heavy atom. The minimum atomic E-state index is -0.915. The van der Waals surface area contributed by atoms with Gasteiger partial charge in [0.2, 0.25) is 5.91 Å². The van der Waals surface area contributed by atoms with Crippen LogP contribution in [0.1, 0.15) is 24.5 Å². The number of thiazole rings is 1. The highest BCUT2D eigenvalue weighted by atomic mass is 32.1. The Labute approximate surface area is 104 Å². The highest BCUT2D eigenvalue weighted by Gasteiger charge is 2.21. The largest absolute Gasteiger partial charge is 0.481 e. The van der Waals surface area contributed by atoms with Crippen molar-refractivity contribution in [1.82, 2.24) is 10.3 Å². The van der Waals surface area contributed by atoms with E-state index in [0.717, 1.165) is 10.7 Å². The number of rotatable bonds is 5. The number of carbonyl (C=O) groups is 2. The molecular weight excluding hydrogens is 240 g/mol. The summed E-state index contributed by atoms with van der Waals surface area (Å²) in [6.45, 7) is 5.13. The van der Waals surface area contributed by atoms with E-state index in [2.05, 4.69) is 10.3 Å². The van der Waals surface area contributed by atoms with Crippen LogP contribution in [0.5, 0.6) is 0 Å². The van der Waals surface area contributed by atoms with Crippen LogP contribution in [0, 0.1) is 12.8 Å². The van der Waals surface area contributed by atoms with Gasteiger partial charge in [0.25, 0.3) is 0 Å². The fraction of sp³-hybridized carbons (Fsp3) is 0.545. The molecular formula is C11H16N2O3S. The van der Waals surface area contributed by atoms with Crippen LogP contribution in [-0.4, -0.2) is 28.0 Å². The van der Waals surface area contributed by atoms with E-state index in [0.29, 0.717) is 0 Å². The predicted molar refractivity (Wildman–Crippen MR) is 65.0 cm³/mol. The van der Waals surface area contributed by atoms with E-state index in [4.69, 9.17) is 5.11 Å². The lowest BCUT2D eigenvalue weighted by Gasteiger charge is -2.17. The number of hydrogen-bond acceptors (Lipinski definition) is 4. The minimum absolute atomic E-state index is 0.195. The predicted octanol–water partition coefficient (Wildman–Crippen LogP) is 1.22. The lowest BCUT2D eigenvalue weighted by molar-refractivity contribution is -0.142. The number of aryl methyl sites for hydroxylation is 1. The van der Waals surface area contributed by atoms with Gasteiger partial charge in [-0.2, -0.15) is 0 Å². The van der Waals surface area contributed by atoms with Gasteiger partial charge < -0.3 is 10.4 Å². The third kappa shape index (κ3) is 4.14. The Bertz CT molecular complexity index is 417. The van der Waals surface area contributed by atoms with Gasteiger partial charge in [0.05, 0.1) is 23.0 Å². The number of carboxylic acids is 1. The summed E-state index contributed by atoms with van der Waals surface area (Å²) in [5.74, 6) is -1.71. The molecule has 0 saturated heterocycles. The van der Waals surface area contributed by atoms with Crippen molar-refractivity contribution in [2.24, 2.45) is 5.92 Å². The molecule has 2 atom stereocenters. The minimum Gasteiger partial charge on any atom is -0.481 e. The molecule has 1 aromatic rings. The van der Waals surface area contributed by atoms with E-state index in [1.165, 1.54) is 11.3 Å². The van der Waals surface area contributed by atoms with Gasteiger partial charge in [0.1, 0.15) is 0 Å². The standard InChI is InChI=1S/C11H16N2O3S/c1-6(11(15)16)7(2)12-10(14)4-9-5-17-8(3)13-9/h5-7H,4H2,1-3H3,(H,12,14)(H,15,16). The monoisotopic (exact) mass is 256 g/mol. The zero-order chi connectivity index (χ0) is 13.0. The van der Waals surface area contributed by atoms with Crippen molar-refractivity contribution < 1.29 is 14.7 Å². The van der Waals surface area contributed by atoms with Gasteiger partial charge in [-0.1, -0.05) is 0 Å². The van der Waals surface area contributed by atoms with Crippen LogP contribution >= 0.6 is 11.3 Å². The normalized spacial score (nSPS) is 14.1. The average Bonchev–Trinajstić information content (AvgIpc) is 2.62. The summed E-state index contributed by atoms with van der Waals surface area (Å²) in [7, 11) is 0. The van der Waals surface area contributed by atoms with Gasteiger partial charge in [-0.25, -0.2) is 4.98 Å². The Morgan fingerprint density at radius 3 is 2.65 bits per heavy atom. The number of carboxylic acid groups (broad SMARTS) is 1. The van der Waals surface area contributed by atoms with Crippen molar-refractivity contribution in [3.05, 3.63) is 16.1 Å². The second-order valence-electron chi connectivity index (χ2n) is 4.02. The molecule has 94 valence electrons. The summed E-state index contributed by atoms with van der Waals surface area (Å²) in [4.78, 5) is 26.5. The first-order valence-electron chi connectivity index (χ1n) is 5.33. The third-order valence-corrected chi connectivity index (χ3v) is 3.36. The fourth-order valence-corrected chi connectivity index (χ4v) is 1.91. The fourth-order valence-electron chi connectivity index (χ4n) is 1.30. The molecule has 0 bridgehead atoms. The summed E-state index contributed by atoms with van der Waals surface area (Å²) in [5.41, 5.74) is 0.722. The molecule has 0 aliphatic rings. The van der Waals surface area contributed by atoms with E-state index in [1.54, 1.807) is 13.8 Å². The number of carbonyl (C=O) groups excluding carboxylic acids is 1. The lowest BCUT2D eigenvalue weighted by Crippen LogP contribution is -2.40. The van der Waals surface area contributed by atoms with Crippen molar-refractivity contribution in [2.45, 2.75) is 33.2 Å². The van der Waals surface area contributed by atoms with Gasteiger partial charge in [-0.3, -0.25) is 9.59 Å². The summed E-state index contributed by atoms with van der Waals surface area (Å²) >= 11 is 1.49. The van der Waals surface area contributed by atoms with Crippen LogP contribution < -0.4 is 5.32 Å². The number of aliphatic carboxylic acids is 1. The number of amides is 1. The van der Waals surface area contributed by atoms with Crippen LogP contribution in [0.3, 0.4) is 0 Å². The summed E-state index contributed by atoms with van der Waals surface area (Å²) < 4.78 is 0.